The van der Waals surface area contributed by atoms with Crippen molar-refractivity contribution in [3.8, 4) is 0 Å². The molecule has 0 spiro atoms. The van der Waals surface area contributed by atoms with E-state index in [2.05, 4.69) is 68.3 Å². The van der Waals surface area contributed by atoms with Crippen molar-refractivity contribution in [2.45, 2.75) is 58.0 Å². The van der Waals surface area contributed by atoms with Gasteiger partial charge in [-0.1, -0.05) is 51.1 Å². The highest BCUT2D eigenvalue weighted by Crippen LogP contribution is 2.30. The van der Waals surface area contributed by atoms with Crippen LogP contribution in [-0.2, 0) is 10.2 Å². The van der Waals surface area contributed by atoms with Crippen LogP contribution < -0.4 is 5.32 Å². The third kappa shape index (κ3) is 4.71. The van der Waals surface area contributed by atoms with Crippen molar-refractivity contribution in [2.24, 2.45) is 5.92 Å². The van der Waals surface area contributed by atoms with Crippen molar-refractivity contribution in [3.05, 3.63) is 53.7 Å². The van der Waals surface area contributed by atoms with E-state index in [0.29, 0.717) is 5.92 Å². The molecular formula is C21H30N2O2. The van der Waals surface area contributed by atoms with Gasteiger partial charge in [-0.25, -0.2) is 4.98 Å². The number of nitrogens with zero attached hydrogens (tertiary/aromatic N) is 1. The van der Waals surface area contributed by atoms with Crippen molar-refractivity contribution >= 4 is 0 Å². The number of ether oxygens (including phenoxy) is 1. The number of aromatic nitrogens is 1. The number of oxazole rings is 1. The maximum Gasteiger partial charge on any atom is 0.211 e. The van der Waals surface area contributed by atoms with E-state index in [1.54, 1.807) is 0 Å². The number of rotatable bonds is 6. The van der Waals surface area contributed by atoms with Crippen LogP contribution in [0.1, 0.15) is 69.8 Å². The molecule has 1 saturated heterocycles. The molecule has 1 fully saturated rings. The fourth-order valence-electron chi connectivity index (χ4n) is 3.30. The molecule has 3 atom stereocenters. The van der Waals surface area contributed by atoms with Crippen LogP contribution in [-0.4, -0.2) is 18.2 Å². The summed E-state index contributed by atoms with van der Waals surface area (Å²) in [6, 6.07) is 11.0. The van der Waals surface area contributed by atoms with Gasteiger partial charge in [0.15, 0.2) is 0 Å². The lowest BCUT2D eigenvalue weighted by molar-refractivity contribution is 0.180. The molecule has 25 heavy (non-hydrogen) atoms. The van der Waals surface area contributed by atoms with Gasteiger partial charge in [-0.05, 0) is 31.2 Å². The van der Waals surface area contributed by atoms with Gasteiger partial charge in [0.1, 0.15) is 5.76 Å². The SMILES string of the molecule is CC(NC(CC1CCOC1)c1ccccc1)c1ncc(C(C)(C)C)o1. The molecule has 1 aromatic carbocycles. The smallest absolute Gasteiger partial charge is 0.211 e. The maximum absolute atomic E-state index is 6.02. The Bertz CT molecular complexity index is 654. The van der Waals surface area contributed by atoms with Gasteiger partial charge in [-0.15, -0.1) is 0 Å². The fourth-order valence-corrected chi connectivity index (χ4v) is 3.30. The summed E-state index contributed by atoms with van der Waals surface area (Å²) in [6.07, 6.45) is 4.07. The summed E-state index contributed by atoms with van der Waals surface area (Å²) in [4.78, 5) is 4.51. The molecule has 136 valence electrons. The van der Waals surface area contributed by atoms with E-state index in [1.165, 1.54) is 5.56 Å². The first-order valence-corrected chi connectivity index (χ1v) is 9.28. The average molecular weight is 342 g/mol. The Morgan fingerprint density at radius 3 is 2.60 bits per heavy atom. The maximum atomic E-state index is 6.02. The standard InChI is InChI=1S/C21H30N2O2/c1-15(20-22-13-19(25-20)21(2,3)4)23-18(12-16-10-11-24-14-16)17-8-6-5-7-9-17/h5-9,13,15-16,18,23H,10-12,14H2,1-4H3. The van der Waals surface area contributed by atoms with Crippen molar-refractivity contribution in [1.29, 1.82) is 0 Å². The van der Waals surface area contributed by atoms with Crippen molar-refractivity contribution in [3.63, 3.8) is 0 Å². The molecule has 0 amide bonds. The largest absolute Gasteiger partial charge is 0.443 e. The second-order valence-electron chi connectivity index (χ2n) is 8.13. The molecule has 0 saturated carbocycles. The van der Waals surface area contributed by atoms with Gasteiger partial charge in [0.2, 0.25) is 5.89 Å². The summed E-state index contributed by atoms with van der Waals surface area (Å²) in [6.45, 7) is 10.3. The minimum Gasteiger partial charge on any atom is -0.443 e. The summed E-state index contributed by atoms with van der Waals surface area (Å²) < 4.78 is 11.6. The van der Waals surface area contributed by atoms with Crippen LogP contribution in [0, 0.1) is 5.92 Å². The Hall–Kier alpha value is -1.65. The summed E-state index contributed by atoms with van der Waals surface area (Å²) in [5.74, 6) is 2.30. The Labute approximate surface area is 151 Å². The minimum absolute atomic E-state index is 0.0228. The van der Waals surface area contributed by atoms with Gasteiger partial charge in [0, 0.05) is 24.7 Å². The number of benzene rings is 1. The molecule has 2 aromatic rings. The van der Waals surface area contributed by atoms with E-state index < -0.39 is 0 Å². The van der Waals surface area contributed by atoms with Gasteiger partial charge in [0.25, 0.3) is 0 Å². The molecule has 1 N–H and O–H groups in total. The van der Waals surface area contributed by atoms with Crippen LogP contribution in [0.4, 0.5) is 0 Å². The Balaban J connectivity index is 1.73. The molecule has 1 aliphatic heterocycles. The fraction of sp³-hybridized carbons (Fsp3) is 0.571. The average Bonchev–Trinajstić information content (AvgIpc) is 3.26. The molecule has 3 unspecified atom stereocenters. The molecule has 0 radical (unpaired) electrons. The summed E-state index contributed by atoms with van der Waals surface area (Å²) >= 11 is 0. The third-order valence-electron chi connectivity index (χ3n) is 4.88. The van der Waals surface area contributed by atoms with Crippen LogP contribution in [0.5, 0.6) is 0 Å². The molecule has 0 bridgehead atoms. The van der Waals surface area contributed by atoms with Crippen LogP contribution >= 0.6 is 0 Å². The number of hydrogen-bond donors (Lipinski definition) is 1. The Morgan fingerprint density at radius 1 is 1.24 bits per heavy atom. The van der Waals surface area contributed by atoms with Gasteiger partial charge < -0.3 is 9.15 Å². The molecule has 1 aromatic heterocycles. The zero-order valence-corrected chi connectivity index (χ0v) is 15.8. The van der Waals surface area contributed by atoms with E-state index in [4.69, 9.17) is 9.15 Å². The lowest BCUT2D eigenvalue weighted by Gasteiger charge is -2.25. The quantitative estimate of drug-likeness (QED) is 0.820. The predicted octanol–water partition coefficient (Wildman–Crippen LogP) is 4.79. The summed E-state index contributed by atoms with van der Waals surface area (Å²) in [5.41, 5.74) is 1.29. The number of nitrogens with one attached hydrogen (secondary N) is 1. The molecular weight excluding hydrogens is 312 g/mol. The van der Waals surface area contributed by atoms with E-state index in [0.717, 1.165) is 37.7 Å². The first kappa shape index (κ1) is 18.2. The monoisotopic (exact) mass is 342 g/mol. The van der Waals surface area contributed by atoms with Crippen LogP contribution in [0.2, 0.25) is 0 Å². The van der Waals surface area contributed by atoms with Gasteiger partial charge in [-0.2, -0.15) is 0 Å². The summed E-state index contributed by atoms with van der Waals surface area (Å²) in [7, 11) is 0. The van der Waals surface area contributed by atoms with Crippen LogP contribution in [0.15, 0.2) is 40.9 Å². The highest BCUT2D eigenvalue weighted by atomic mass is 16.5. The van der Waals surface area contributed by atoms with Crippen LogP contribution in [0.25, 0.3) is 0 Å². The van der Waals surface area contributed by atoms with E-state index in [-0.39, 0.29) is 17.5 Å². The van der Waals surface area contributed by atoms with Crippen molar-refractivity contribution in [1.82, 2.24) is 10.3 Å². The topological polar surface area (TPSA) is 47.3 Å². The highest BCUT2D eigenvalue weighted by Gasteiger charge is 2.26. The zero-order chi connectivity index (χ0) is 17.9. The zero-order valence-electron chi connectivity index (χ0n) is 15.8. The highest BCUT2D eigenvalue weighted by molar-refractivity contribution is 5.19. The lowest BCUT2D eigenvalue weighted by Crippen LogP contribution is -2.27. The van der Waals surface area contributed by atoms with Gasteiger partial charge in [0.05, 0.1) is 12.2 Å². The summed E-state index contributed by atoms with van der Waals surface area (Å²) in [5, 5.41) is 3.73. The molecule has 3 rings (SSSR count). The molecule has 4 nitrogen and oxygen atoms in total. The van der Waals surface area contributed by atoms with E-state index in [9.17, 15) is 0 Å². The molecule has 1 aliphatic rings. The van der Waals surface area contributed by atoms with Gasteiger partial charge >= 0.3 is 0 Å². The van der Waals surface area contributed by atoms with Gasteiger partial charge in [-0.3, -0.25) is 5.32 Å². The predicted molar refractivity (Wildman–Crippen MR) is 99.5 cm³/mol. The second-order valence-corrected chi connectivity index (χ2v) is 8.13. The van der Waals surface area contributed by atoms with Crippen LogP contribution in [0.3, 0.4) is 0 Å². The third-order valence-corrected chi connectivity index (χ3v) is 4.88. The molecule has 0 aliphatic carbocycles. The minimum atomic E-state index is -0.0228. The van der Waals surface area contributed by atoms with E-state index >= 15 is 0 Å². The molecule has 2 heterocycles. The molecule has 4 heteroatoms. The van der Waals surface area contributed by atoms with E-state index in [1.807, 2.05) is 6.20 Å². The number of hydrogen-bond acceptors (Lipinski definition) is 4. The van der Waals surface area contributed by atoms with Crippen molar-refractivity contribution < 1.29 is 9.15 Å². The first-order chi connectivity index (χ1) is 11.9. The Morgan fingerprint density at radius 2 is 2.00 bits per heavy atom. The van der Waals surface area contributed by atoms with Crippen molar-refractivity contribution in [2.75, 3.05) is 13.2 Å². The second kappa shape index (κ2) is 7.71. The Kier molecular flexibility index (Phi) is 5.60. The first-order valence-electron chi connectivity index (χ1n) is 9.28. The normalized spacial score (nSPS) is 20.6. The lowest BCUT2D eigenvalue weighted by atomic mass is 9.93.